The van der Waals surface area contributed by atoms with E-state index in [0.717, 1.165) is 20.1 Å². The highest BCUT2D eigenvalue weighted by molar-refractivity contribution is 9.10. The van der Waals surface area contributed by atoms with E-state index in [9.17, 15) is 0 Å². The molecule has 0 aliphatic rings. The van der Waals surface area contributed by atoms with Crippen molar-refractivity contribution in [2.45, 2.75) is 0 Å². The van der Waals surface area contributed by atoms with Gasteiger partial charge < -0.3 is 5.73 Å². The Bertz CT molecular complexity index is 662. The predicted molar refractivity (Wildman–Crippen MR) is 67.0 cm³/mol. The van der Waals surface area contributed by atoms with Crippen LogP contribution in [0.3, 0.4) is 0 Å². The molecule has 0 aliphatic carbocycles. The molecule has 74 valence electrons. The van der Waals surface area contributed by atoms with Crippen molar-refractivity contribution < 1.29 is 0 Å². The first-order valence-electron chi connectivity index (χ1n) is 4.34. The highest BCUT2D eigenvalue weighted by Gasteiger charge is 2.07. The van der Waals surface area contributed by atoms with E-state index in [2.05, 4.69) is 32.0 Å². The molecular weight excluding hydrogens is 274 g/mol. The molecule has 0 radical (unpaired) electrons. The third-order valence-electron chi connectivity index (χ3n) is 2.19. The largest absolute Gasteiger partial charge is 0.368 e. The minimum atomic E-state index is 0.324. The van der Waals surface area contributed by atoms with Gasteiger partial charge in [-0.25, -0.2) is 9.97 Å². The number of benzene rings is 1. The number of anilines is 1. The summed E-state index contributed by atoms with van der Waals surface area (Å²) in [5, 5.41) is 1.13. The lowest BCUT2D eigenvalue weighted by atomic mass is 10.2. The lowest BCUT2D eigenvalue weighted by molar-refractivity contribution is 1.25. The second-order valence-corrected chi connectivity index (χ2v) is 5.18. The maximum atomic E-state index is 5.58. The maximum absolute atomic E-state index is 5.58. The fourth-order valence-corrected chi connectivity index (χ4v) is 3.11. The molecule has 0 spiro atoms. The van der Waals surface area contributed by atoms with Crippen molar-refractivity contribution in [3.63, 3.8) is 0 Å². The zero-order valence-electron chi connectivity index (χ0n) is 7.57. The van der Waals surface area contributed by atoms with Gasteiger partial charge in [-0.3, -0.25) is 0 Å². The molecular formula is C10H6BrN3S. The maximum Gasteiger partial charge on any atom is 0.220 e. The summed E-state index contributed by atoms with van der Waals surface area (Å²) in [6.07, 6.45) is 1.77. The Morgan fingerprint density at radius 1 is 1.27 bits per heavy atom. The summed E-state index contributed by atoms with van der Waals surface area (Å²) in [7, 11) is 0. The number of hydrogen-bond acceptors (Lipinski definition) is 4. The molecule has 3 nitrogen and oxygen atoms in total. The zero-order valence-corrected chi connectivity index (χ0v) is 9.97. The van der Waals surface area contributed by atoms with E-state index >= 15 is 0 Å². The van der Waals surface area contributed by atoms with Gasteiger partial charge in [-0.05, 0) is 12.1 Å². The topological polar surface area (TPSA) is 51.8 Å². The lowest BCUT2D eigenvalue weighted by Crippen LogP contribution is -1.92. The van der Waals surface area contributed by atoms with E-state index in [0.29, 0.717) is 5.95 Å². The molecule has 5 heteroatoms. The summed E-state index contributed by atoms with van der Waals surface area (Å²) < 4.78 is 3.33. The molecule has 0 bridgehead atoms. The van der Waals surface area contributed by atoms with Gasteiger partial charge in [0.05, 0.1) is 16.4 Å². The normalized spacial score (nSPS) is 11.3. The molecule has 3 aromatic rings. The molecule has 0 amide bonds. The van der Waals surface area contributed by atoms with E-state index in [4.69, 9.17) is 5.73 Å². The summed E-state index contributed by atoms with van der Waals surface area (Å²) in [5.41, 5.74) is 6.52. The van der Waals surface area contributed by atoms with Crippen LogP contribution in [0.5, 0.6) is 0 Å². The van der Waals surface area contributed by atoms with Crippen LogP contribution >= 0.6 is 27.3 Å². The molecule has 0 atom stereocenters. The van der Waals surface area contributed by atoms with Crippen molar-refractivity contribution >= 4 is 53.5 Å². The van der Waals surface area contributed by atoms with Crippen molar-refractivity contribution in [1.82, 2.24) is 9.97 Å². The smallest absolute Gasteiger partial charge is 0.220 e. The number of nitrogens with zero attached hydrogens (tertiary/aromatic N) is 2. The lowest BCUT2D eigenvalue weighted by Gasteiger charge is -1.92. The third kappa shape index (κ3) is 1.39. The number of thiophene rings is 1. The minimum absolute atomic E-state index is 0.324. The summed E-state index contributed by atoms with van der Waals surface area (Å²) >= 11 is 5.12. The molecule has 2 N–H and O–H groups in total. The molecule has 0 saturated heterocycles. The van der Waals surface area contributed by atoms with Crippen LogP contribution < -0.4 is 5.73 Å². The molecule has 0 fully saturated rings. The number of nitrogen functional groups attached to an aromatic ring is 1. The van der Waals surface area contributed by atoms with E-state index < -0.39 is 0 Å². The average Bonchev–Trinajstić information content (AvgIpc) is 2.54. The van der Waals surface area contributed by atoms with E-state index in [-0.39, 0.29) is 0 Å². The van der Waals surface area contributed by atoms with Gasteiger partial charge in [-0.2, -0.15) is 0 Å². The first-order chi connectivity index (χ1) is 7.24. The molecule has 0 unspecified atom stereocenters. The number of rotatable bonds is 0. The second-order valence-electron chi connectivity index (χ2n) is 3.18. The zero-order chi connectivity index (χ0) is 10.4. The highest BCUT2D eigenvalue weighted by Crippen LogP contribution is 2.33. The molecule has 0 saturated carbocycles. The first-order valence-corrected chi connectivity index (χ1v) is 5.95. The van der Waals surface area contributed by atoms with Gasteiger partial charge in [-0.15, -0.1) is 11.3 Å². The van der Waals surface area contributed by atoms with Crippen LogP contribution in [0.2, 0.25) is 0 Å². The van der Waals surface area contributed by atoms with Gasteiger partial charge in [0.1, 0.15) is 0 Å². The number of halogens is 1. The van der Waals surface area contributed by atoms with E-state index in [1.807, 2.05) is 12.1 Å². The van der Waals surface area contributed by atoms with Gasteiger partial charge in [-0.1, -0.05) is 22.0 Å². The van der Waals surface area contributed by atoms with Crippen LogP contribution in [0.4, 0.5) is 5.95 Å². The van der Waals surface area contributed by atoms with Crippen molar-refractivity contribution in [2.75, 3.05) is 5.73 Å². The molecule has 0 aliphatic heterocycles. The van der Waals surface area contributed by atoms with Crippen molar-refractivity contribution in [3.8, 4) is 0 Å². The predicted octanol–water partition coefficient (Wildman–Crippen LogP) is 3.19. The minimum Gasteiger partial charge on any atom is -0.368 e. The van der Waals surface area contributed by atoms with Gasteiger partial charge in [0.25, 0.3) is 0 Å². The van der Waals surface area contributed by atoms with Gasteiger partial charge in [0.15, 0.2) is 0 Å². The van der Waals surface area contributed by atoms with Gasteiger partial charge in [0, 0.05) is 14.6 Å². The SMILES string of the molecule is Nc1ncc2sc3cc(Br)ccc3c2n1. The number of aromatic nitrogens is 2. The third-order valence-corrected chi connectivity index (χ3v) is 3.76. The van der Waals surface area contributed by atoms with Crippen LogP contribution in [0.1, 0.15) is 0 Å². The number of hydrogen-bond donors (Lipinski definition) is 1. The Kier molecular flexibility index (Phi) is 1.90. The van der Waals surface area contributed by atoms with Crippen LogP contribution in [0.25, 0.3) is 20.3 Å². The van der Waals surface area contributed by atoms with Crippen LogP contribution in [0, 0.1) is 0 Å². The summed E-state index contributed by atoms with van der Waals surface area (Å²) in [6, 6.07) is 6.13. The van der Waals surface area contributed by atoms with Crippen LogP contribution in [0.15, 0.2) is 28.9 Å². The Morgan fingerprint density at radius 3 is 3.00 bits per heavy atom. The van der Waals surface area contributed by atoms with Gasteiger partial charge in [0.2, 0.25) is 5.95 Å². The molecule has 3 rings (SSSR count). The summed E-state index contributed by atoms with van der Waals surface area (Å²) in [6.45, 7) is 0. The monoisotopic (exact) mass is 279 g/mol. The molecule has 1 aromatic carbocycles. The standard InChI is InChI=1S/C10H6BrN3S/c11-5-1-2-6-7(3-5)15-8-4-13-10(12)14-9(6)8/h1-4H,(H2,12,13,14). The summed E-state index contributed by atoms with van der Waals surface area (Å²) in [4.78, 5) is 8.25. The highest BCUT2D eigenvalue weighted by atomic mass is 79.9. The quantitative estimate of drug-likeness (QED) is 0.688. The molecule has 2 aromatic heterocycles. The molecule has 2 heterocycles. The Morgan fingerprint density at radius 2 is 2.13 bits per heavy atom. The Hall–Kier alpha value is -1.20. The number of nitrogens with two attached hydrogens (primary N) is 1. The average molecular weight is 280 g/mol. The number of fused-ring (bicyclic) bond motifs is 3. The Labute approximate surface area is 98.1 Å². The van der Waals surface area contributed by atoms with Crippen LogP contribution in [-0.2, 0) is 0 Å². The van der Waals surface area contributed by atoms with Crippen molar-refractivity contribution in [2.24, 2.45) is 0 Å². The fraction of sp³-hybridized carbons (Fsp3) is 0. The first kappa shape index (κ1) is 9.06. The Balaban J connectivity index is 2.53. The second kappa shape index (κ2) is 3.15. The molecule has 15 heavy (non-hydrogen) atoms. The van der Waals surface area contributed by atoms with Crippen LogP contribution in [-0.4, -0.2) is 9.97 Å². The fourth-order valence-electron chi connectivity index (χ4n) is 1.55. The summed E-state index contributed by atoms with van der Waals surface area (Å²) in [5.74, 6) is 0.324. The van der Waals surface area contributed by atoms with Crippen molar-refractivity contribution in [1.29, 1.82) is 0 Å². The van der Waals surface area contributed by atoms with Gasteiger partial charge >= 0.3 is 0 Å². The van der Waals surface area contributed by atoms with E-state index in [1.165, 1.54) is 4.70 Å². The van der Waals surface area contributed by atoms with Crippen molar-refractivity contribution in [3.05, 3.63) is 28.9 Å². The van der Waals surface area contributed by atoms with E-state index in [1.54, 1.807) is 17.5 Å².